The molecule has 26 heavy (non-hydrogen) atoms. The van der Waals surface area contributed by atoms with Crippen molar-refractivity contribution in [2.24, 2.45) is 0 Å². The molecule has 0 saturated heterocycles. The highest BCUT2D eigenvalue weighted by Gasteiger charge is 2.08. The van der Waals surface area contributed by atoms with Gasteiger partial charge < -0.3 is 14.2 Å². The number of alkyl halides is 2. The number of nitrogens with one attached hydrogen (secondary N) is 1. The Morgan fingerprint density at radius 1 is 1.08 bits per heavy atom. The Kier molecular flexibility index (Phi) is 6.40. The van der Waals surface area contributed by atoms with Gasteiger partial charge in [0.05, 0.1) is 18.0 Å². The summed E-state index contributed by atoms with van der Waals surface area (Å²) in [7, 11) is 0. The van der Waals surface area contributed by atoms with Crippen LogP contribution >= 0.6 is 11.8 Å². The first kappa shape index (κ1) is 18.6. The quantitative estimate of drug-likeness (QED) is 0.536. The molecule has 0 fully saturated rings. The fraction of sp³-hybridized carbons (Fsp3) is 0.278. The van der Waals surface area contributed by atoms with Crippen molar-refractivity contribution in [3.05, 3.63) is 65.7 Å². The molecule has 1 aromatic carbocycles. The lowest BCUT2D eigenvalue weighted by molar-refractivity contribution is 0.251. The maximum Gasteiger partial charge on any atom is 0.284 e. The SMILES string of the molecule is Fc1ccc(-c2nc(CCNCc3ccc(CSC(F)F)o3)co2)cc1. The molecule has 4 nitrogen and oxygen atoms in total. The molecule has 0 aliphatic carbocycles. The van der Waals surface area contributed by atoms with Gasteiger partial charge in [0, 0.05) is 18.5 Å². The number of hydrogen-bond acceptors (Lipinski definition) is 5. The molecule has 2 heterocycles. The third-order valence-corrected chi connectivity index (χ3v) is 4.27. The van der Waals surface area contributed by atoms with Crippen LogP contribution in [0.3, 0.4) is 0 Å². The van der Waals surface area contributed by atoms with Crippen LogP contribution in [0.15, 0.2) is 51.5 Å². The topological polar surface area (TPSA) is 51.2 Å². The summed E-state index contributed by atoms with van der Waals surface area (Å²) in [5, 5.41) is 3.20. The molecule has 1 N–H and O–H groups in total. The molecular weight excluding hydrogens is 365 g/mol. The van der Waals surface area contributed by atoms with Crippen molar-refractivity contribution in [2.45, 2.75) is 24.5 Å². The van der Waals surface area contributed by atoms with Gasteiger partial charge in [-0.3, -0.25) is 0 Å². The van der Waals surface area contributed by atoms with Gasteiger partial charge >= 0.3 is 0 Å². The van der Waals surface area contributed by atoms with Crippen molar-refractivity contribution in [1.29, 1.82) is 0 Å². The summed E-state index contributed by atoms with van der Waals surface area (Å²) in [5.74, 6) is -0.868. The molecule has 0 spiro atoms. The highest BCUT2D eigenvalue weighted by atomic mass is 32.2. The van der Waals surface area contributed by atoms with Crippen LogP contribution in [-0.2, 0) is 18.7 Å². The van der Waals surface area contributed by atoms with E-state index in [9.17, 15) is 13.2 Å². The largest absolute Gasteiger partial charge is 0.464 e. The van der Waals surface area contributed by atoms with Crippen LogP contribution < -0.4 is 5.32 Å². The molecule has 3 rings (SSSR count). The van der Waals surface area contributed by atoms with Crippen LogP contribution in [0, 0.1) is 5.82 Å². The maximum absolute atomic E-state index is 12.9. The average Bonchev–Trinajstić information content (AvgIpc) is 3.27. The van der Waals surface area contributed by atoms with Crippen LogP contribution in [0.5, 0.6) is 0 Å². The van der Waals surface area contributed by atoms with Crippen molar-refractivity contribution >= 4 is 11.8 Å². The standard InChI is InChI=1S/C18H17F3N2O2S/c19-13-3-1-12(2-4-13)17-23-14(10-24-17)7-8-22-9-15-5-6-16(25-15)11-26-18(20)21/h1-6,10,18,22H,7-9,11H2. The molecule has 0 radical (unpaired) electrons. The molecule has 2 aromatic heterocycles. The van der Waals surface area contributed by atoms with Crippen molar-refractivity contribution in [1.82, 2.24) is 10.3 Å². The molecule has 0 bridgehead atoms. The van der Waals surface area contributed by atoms with E-state index in [1.165, 1.54) is 12.1 Å². The average molecular weight is 382 g/mol. The first-order valence-corrected chi connectivity index (χ1v) is 9.03. The smallest absolute Gasteiger partial charge is 0.284 e. The Labute approximate surface area is 152 Å². The second-order valence-electron chi connectivity index (χ2n) is 5.52. The van der Waals surface area contributed by atoms with Crippen LogP contribution in [-0.4, -0.2) is 17.3 Å². The zero-order valence-corrected chi connectivity index (χ0v) is 14.6. The van der Waals surface area contributed by atoms with Crippen molar-refractivity contribution < 1.29 is 22.0 Å². The molecule has 3 aromatic rings. The van der Waals surface area contributed by atoms with E-state index in [1.807, 2.05) is 0 Å². The van der Waals surface area contributed by atoms with Crippen LogP contribution in [0.2, 0.25) is 0 Å². The Bertz CT molecular complexity index is 818. The van der Waals surface area contributed by atoms with Crippen molar-refractivity contribution in [3.63, 3.8) is 0 Å². The van der Waals surface area contributed by atoms with E-state index in [1.54, 1.807) is 30.5 Å². The number of aromatic nitrogens is 1. The predicted molar refractivity (Wildman–Crippen MR) is 93.3 cm³/mol. The molecule has 0 amide bonds. The number of oxazole rings is 1. The molecule has 0 aliphatic heterocycles. The van der Waals surface area contributed by atoms with Gasteiger partial charge in [-0.15, -0.1) is 0 Å². The lowest BCUT2D eigenvalue weighted by Gasteiger charge is -2.01. The molecule has 0 unspecified atom stereocenters. The van der Waals surface area contributed by atoms with Crippen molar-refractivity contribution in [3.8, 4) is 11.5 Å². The Hall–Kier alpha value is -2.19. The van der Waals surface area contributed by atoms with E-state index in [2.05, 4.69) is 10.3 Å². The molecular formula is C18H17F3N2O2S. The highest BCUT2D eigenvalue weighted by Crippen LogP contribution is 2.21. The monoisotopic (exact) mass is 382 g/mol. The Morgan fingerprint density at radius 2 is 1.85 bits per heavy atom. The van der Waals surface area contributed by atoms with E-state index in [0.29, 0.717) is 48.7 Å². The fourth-order valence-corrected chi connectivity index (χ4v) is 2.76. The van der Waals surface area contributed by atoms with Crippen LogP contribution in [0.4, 0.5) is 13.2 Å². The van der Waals surface area contributed by atoms with Crippen LogP contribution in [0.1, 0.15) is 17.2 Å². The van der Waals surface area contributed by atoms with Crippen molar-refractivity contribution in [2.75, 3.05) is 6.54 Å². The molecule has 0 atom stereocenters. The van der Waals surface area contributed by atoms with E-state index in [0.717, 1.165) is 11.3 Å². The molecule has 0 aliphatic rings. The minimum atomic E-state index is -2.40. The van der Waals surface area contributed by atoms with E-state index in [4.69, 9.17) is 8.83 Å². The first-order valence-electron chi connectivity index (χ1n) is 7.98. The minimum absolute atomic E-state index is 0.156. The van der Waals surface area contributed by atoms with Gasteiger partial charge in [-0.25, -0.2) is 9.37 Å². The van der Waals surface area contributed by atoms with Gasteiger partial charge in [-0.05, 0) is 36.4 Å². The molecule has 138 valence electrons. The maximum atomic E-state index is 12.9. The van der Waals surface area contributed by atoms with Gasteiger partial charge in [0.2, 0.25) is 5.89 Å². The number of hydrogen-bond donors (Lipinski definition) is 1. The minimum Gasteiger partial charge on any atom is -0.464 e. The van der Waals surface area contributed by atoms with Crippen LogP contribution in [0.25, 0.3) is 11.5 Å². The number of furan rings is 1. The summed E-state index contributed by atoms with van der Waals surface area (Å²) in [5.41, 5.74) is 1.50. The Balaban J connectivity index is 1.42. The van der Waals surface area contributed by atoms with Gasteiger partial charge in [0.25, 0.3) is 5.76 Å². The summed E-state index contributed by atoms with van der Waals surface area (Å²) >= 11 is 0.538. The van der Waals surface area contributed by atoms with Gasteiger partial charge in [0.15, 0.2) is 0 Å². The lowest BCUT2D eigenvalue weighted by atomic mass is 10.2. The van der Waals surface area contributed by atoms with E-state index < -0.39 is 5.76 Å². The lowest BCUT2D eigenvalue weighted by Crippen LogP contribution is -2.16. The molecule has 8 heteroatoms. The predicted octanol–water partition coefficient (Wildman–Crippen LogP) is 4.86. The number of halogens is 3. The number of rotatable bonds is 9. The summed E-state index contributed by atoms with van der Waals surface area (Å²) in [6.07, 6.45) is 2.23. The summed E-state index contributed by atoms with van der Waals surface area (Å²) in [4.78, 5) is 4.37. The normalized spacial score (nSPS) is 11.4. The fourth-order valence-electron chi connectivity index (χ4n) is 2.31. The van der Waals surface area contributed by atoms with Gasteiger partial charge in [-0.1, -0.05) is 11.8 Å². The highest BCUT2D eigenvalue weighted by molar-refractivity contribution is 7.98. The zero-order valence-electron chi connectivity index (χ0n) is 13.8. The summed E-state index contributed by atoms with van der Waals surface area (Å²) in [6.45, 7) is 1.15. The summed E-state index contributed by atoms with van der Waals surface area (Å²) in [6, 6.07) is 9.43. The second kappa shape index (κ2) is 8.95. The van der Waals surface area contributed by atoms with Gasteiger partial charge in [-0.2, -0.15) is 8.78 Å². The first-order chi connectivity index (χ1) is 12.6. The van der Waals surface area contributed by atoms with E-state index >= 15 is 0 Å². The third-order valence-electron chi connectivity index (χ3n) is 3.57. The van der Waals surface area contributed by atoms with E-state index in [-0.39, 0.29) is 11.6 Å². The Morgan fingerprint density at radius 3 is 2.62 bits per heavy atom. The third kappa shape index (κ3) is 5.40. The summed E-state index contributed by atoms with van der Waals surface area (Å²) < 4.78 is 48.1. The van der Waals surface area contributed by atoms with Gasteiger partial charge in [0.1, 0.15) is 23.6 Å². The second-order valence-corrected chi connectivity index (χ2v) is 6.50. The zero-order chi connectivity index (χ0) is 18.4. The number of nitrogens with zero attached hydrogens (tertiary/aromatic N) is 1. The number of benzene rings is 1. The number of thioether (sulfide) groups is 1. The molecule has 0 saturated carbocycles.